The average molecular weight is 1000 g/mol. The molecular formula is C55H61N5O13. The molecule has 5 aliphatic rings. The third kappa shape index (κ3) is 11.6. The molecule has 0 radical (unpaired) electrons. The van der Waals surface area contributed by atoms with Crippen molar-refractivity contribution in [1.82, 2.24) is 9.80 Å². The Kier molecular flexibility index (Phi) is 16.1. The Morgan fingerprint density at radius 3 is 2.29 bits per heavy atom. The van der Waals surface area contributed by atoms with Gasteiger partial charge in [0.05, 0.1) is 28.1 Å². The van der Waals surface area contributed by atoms with Crippen LogP contribution in [0.3, 0.4) is 0 Å². The summed E-state index contributed by atoms with van der Waals surface area (Å²) in [5.74, 6) is -0.641. The molecule has 384 valence electrons. The second-order valence-electron chi connectivity index (χ2n) is 19.0. The maximum atomic E-state index is 15.4. The van der Waals surface area contributed by atoms with Gasteiger partial charge in [0, 0.05) is 87.6 Å². The lowest BCUT2D eigenvalue weighted by Crippen LogP contribution is -2.70. The Hall–Kier alpha value is -7.12. The quantitative estimate of drug-likeness (QED) is 0.0159. The van der Waals surface area contributed by atoms with E-state index in [1.807, 2.05) is 24.3 Å². The third-order valence-corrected chi connectivity index (χ3v) is 14.4. The fourth-order valence-corrected chi connectivity index (χ4v) is 10.8. The van der Waals surface area contributed by atoms with Gasteiger partial charge in [0.15, 0.2) is 11.5 Å². The van der Waals surface area contributed by atoms with E-state index in [2.05, 4.69) is 23.6 Å². The number of aliphatic hydroxyl groups is 2. The van der Waals surface area contributed by atoms with Crippen molar-refractivity contribution in [2.45, 2.75) is 75.8 Å². The molecule has 6 unspecified atom stereocenters. The number of nitro groups is 2. The zero-order valence-corrected chi connectivity index (χ0v) is 40.6. The number of benzene rings is 4. The van der Waals surface area contributed by atoms with E-state index < -0.39 is 33.5 Å². The number of amides is 1. The molecule has 1 saturated carbocycles. The molecule has 6 atom stereocenters. The lowest BCUT2D eigenvalue weighted by Gasteiger charge is -2.60. The molecular weight excluding hydrogens is 939 g/mol. The van der Waals surface area contributed by atoms with E-state index in [4.69, 9.17) is 33.7 Å². The highest BCUT2D eigenvalue weighted by molar-refractivity contribution is 6.03. The van der Waals surface area contributed by atoms with E-state index >= 15 is 4.79 Å². The molecule has 4 aromatic rings. The summed E-state index contributed by atoms with van der Waals surface area (Å²) >= 11 is 0. The molecule has 2 N–H and O–H groups in total. The first-order valence-corrected chi connectivity index (χ1v) is 25.0. The molecule has 3 heterocycles. The summed E-state index contributed by atoms with van der Waals surface area (Å²) in [6.07, 6.45) is 11.2. The van der Waals surface area contributed by atoms with Crippen LogP contribution in [0.25, 0.3) is 6.08 Å². The summed E-state index contributed by atoms with van der Waals surface area (Å²) in [5.41, 5.74) is 4.11. The number of rotatable bonds is 25. The minimum absolute atomic E-state index is 0.00929. The van der Waals surface area contributed by atoms with Gasteiger partial charge < -0.3 is 43.6 Å². The van der Waals surface area contributed by atoms with Crippen LogP contribution in [0.2, 0.25) is 0 Å². The lowest BCUT2D eigenvalue weighted by molar-refractivity contribution is -0.385. The molecule has 9 rings (SSSR count). The van der Waals surface area contributed by atoms with Crippen molar-refractivity contribution in [3.05, 3.63) is 158 Å². The maximum absolute atomic E-state index is 15.4. The Labute approximate surface area is 423 Å². The van der Waals surface area contributed by atoms with Gasteiger partial charge in [-0.05, 0) is 120 Å². The number of hydrogen-bond donors (Lipinski definition) is 2. The van der Waals surface area contributed by atoms with Crippen molar-refractivity contribution in [2.24, 2.45) is 22.9 Å². The van der Waals surface area contributed by atoms with Gasteiger partial charge >= 0.3 is 0 Å². The van der Waals surface area contributed by atoms with Gasteiger partial charge in [0.2, 0.25) is 18.5 Å². The fourth-order valence-electron chi connectivity index (χ4n) is 10.8. The van der Waals surface area contributed by atoms with Crippen molar-refractivity contribution in [3.8, 4) is 23.0 Å². The van der Waals surface area contributed by atoms with Gasteiger partial charge in [0.1, 0.15) is 30.8 Å². The highest BCUT2D eigenvalue weighted by atomic mass is 16.7. The van der Waals surface area contributed by atoms with Gasteiger partial charge in [-0.3, -0.25) is 29.9 Å². The molecule has 3 aliphatic heterocycles. The number of aliphatic hydroxyl groups excluding tert-OH is 2. The number of nitro benzene ring substituents is 2. The van der Waals surface area contributed by atoms with Crippen LogP contribution in [0, 0.1) is 38.0 Å². The van der Waals surface area contributed by atoms with E-state index in [1.54, 1.807) is 47.4 Å². The Balaban J connectivity index is 1.22. The molecule has 18 nitrogen and oxygen atoms in total. The van der Waals surface area contributed by atoms with Crippen molar-refractivity contribution in [3.63, 3.8) is 0 Å². The summed E-state index contributed by atoms with van der Waals surface area (Å²) in [4.78, 5) is 47.7. The van der Waals surface area contributed by atoms with Crippen molar-refractivity contribution in [2.75, 3.05) is 52.9 Å². The van der Waals surface area contributed by atoms with Crippen molar-refractivity contribution < 1.29 is 53.4 Å². The highest BCUT2D eigenvalue weighted by Crippen LogP contribution is 2.62. The van der Waals surface area contributed by atoms with Crippen LogP contribution in [-0.2, 0) is 27.5 Å². The largest absolute Gasteiger partial charge is 0.492 e. The predicted molar refractivity (Wildman–Crippen MR) is 270 cm³/mol. The van der Waals surface area contributed by atoms with Gasteiger partial charge in [-0.15, -0.1) is 6.58 Å². The smallest absolute Gasteiger partial charge is 0.269 e. The minimum atomic E-state index is -1.59. The van der Waals surface area contributed by atoms with Crippen LogP contribution < -0.4 is 18.9 Å². The van der Waals surface area contributed by atoms with Gasteiger partial charge in [-0.25, -0.2) is 0 Å². The summed E-state index contributed by atoms with van der Waals surface area (Å²) in [5, 5.41) is 48.0. The summed E-state index contributed by atoms with van der Waals surface area (Å²) < 4.78 is 32.5. The first-order valence-electron chi connectivity index (χ1n) is 25.0. The molecule has 1 amide bonds. The number of unbranched alkanes of at least 4 members (excludes halogenated alkanes) is 2. The number of oxime groups is 1. The highest BCUT2D eigenvalue weighted by Gasteiger charge is 2.65. The zero-order valence-electron chi connectivity index (χ0n) is 40.6. The molecule has 1 saturated heterocycles. The van der Waals surface area contributed by atoms with Crippen molar-refractivity contribution in [1.29, 1.82) is 0 Å². The monoisotopic (exact) mass is 999 g/mol. The number of non-ortho nitro benzene ring substituents is 2. The minimum Gasteiger partial charge on any atom is -0.492 e. The third-order valence-electron chi connectivity index (χ3n) is 14.4. The van der Waals surface area contributed by atoms with Crippen LogP contribution in [0.5, 0.6) is 23.0 Å². The SMILES string of the molecule is C=CCOC12Oc3ccc(OCCN4CC4)cc3C3C(CCCCO)C(CCCCO)C=C(C(=NOCc4ccc([N+](=O)[O-])cc4)CC1N(Cc1ccc4c(c1)OCO4)C(=O)C=Cc1ccc([N+](=O)[O-])cc1)C32. The van der Waals surface area contributed by atoms with Gasteiger partial charge in [0.25, 0.3) is 11.4 Å². The predicted octanol–water partition coefficient (Wildman–Crippen LogP) is 8.50. The van der Waals surface area contributed by atoms with E-state index in [0.29, 0.717) is 59.3 Å². The molecule has 4 aromatic carbocycles. The topological polar surface area (TPSA) is 218 Å². The first kappa shape index (κ1) is 50.8. The summed E-state index contributed by atoms with van der Waals surface area (Å²) in [6, 6.07) is 22.5. The summed E-state index contributed by atoms with van der Waals surface area (Å²) in [7, 11) is 0. The maximum Gasteiger partial charge on any atom is 0.269 e. The van der Waals surface area contributed by atoms with E-state index in [-0.39, 0.29) is 75.3 Å². The fraction of sp³-hybridized carbons (Fsp3) is 0.418. The van der Waals surface area contributed by atoms with E-state index in [1.165, 1.54) is 30.3 Å². The zero-order chi connectivity index (χ0) is 50.9. The number of fused-ring (bicyclic) bond motifs is 3. The number of ether oxygens (including phenoxy) is 5. The van der Waals surface area contributed by atoms with Crippen molar-refractivity contribution >= 4 is 29.1 Å². The van der Waals surface area contributed by atoms with Crippen LogP contribution in [0.4, 0.5) is 11.4 Å². The van der Waals surface area contributed by atoms with Crippen LogP contribution in [0.1, 0.15) is 73.1 Å². The number of hydrogen-bond acceptors (Lipinski definition) is 15. The average Bonchev–Trinajstić information content (AvgIpc) is 4.11. The second-order valence-corrected chi connectivity index (χ2v) is 19.0. The molecule has 2 fully saturated rings. The Morgan fingerprint density at radius 2 is 1.58 bits per heavy atom. The summed E-state index contributed by atoms with van der Waals surface area (Å²) in [6.45, 7) is 7.67. The van der Waals surface area contributed by atoms with Gasteiger partial charge in [-0.1, -0.05) is 36.2 Å². The lowest BCUT2D eigenvalue weighted by atomic mass is 9.55. The van der Waals surface area contributed by atoms with Gasteiger partial charge in [-0.2, -0.15) is 0 Å². The normalized spacial score (nSPS) is 23.0. The second kappa shape index (κ2) is 23.2. The number of nitrogens with zero attached hydrogens (tertiary/aromatic N) is 5. The molecule has 0 aromatic heterocycles. The number of allylic oxidation sites excluding steroid dienone is 1. The van der Waals surface area contributed by atoms with E-state index in [0.717, 1.165) is 62.0 Å². The van der Waals surface area contributed by atoms with Crippen LogP contribution in [0.15, 0.2) is 120 Å². The molecule has 0 spiro atoms. The van der Waals surface area contributed by atoms with E-state index in [9.17, 15) is 30.4 Å². The Morgan fingerprint density at radius 1 is 0.877 bits per heavy atom. The standard InChI is InChI=1S/C55H61N5O13/c1-2-28-71-55-51(58(34-39-13-20-49-50(30-39)70-36-69-49)52(63)22-14-37-9-15-41(16-10-37)59(64)65)33-47(56-72-35-38-11-17-42(18-12-38)60(66)67)45-31-40(7-3-5-26-61)44(8-4-6-27-62)53(54(45)55)46-32-43(19-21-48(46)73-55)68-29-25-57-23-24-57/h2,9-22,30-32,40,44,51,53-54,61-62H,1,3-8,23-29,33-36H2. The van der Waals surface area contributed by atoms with Crippen LogP contribution in [-0.4, -0.2) is 106 Å². The molecule has 18 heteroatoms. The number of carbonyl (C=O) groups is 1. The molecule has 0 bridgehead atoms. The molecule has 2 aliphatic carbocycles. The number of carbonyl (C=O) groups excluding carboxylic acids is 1. The molecule has 73 heavy (non-hydrogen) atoms. The van der Waals surface area contributed by atoms with Crippen LogP contribution >= 0.6 is 0 Å². The Bertz CT molecular complexity index is 2720. The first-order chi connectivity index (χ1) is 35.6.